The number of hydrogen-bond acceptors (Lipinski definition) is 3. The predicted octanol–water partition coefficient (Wildman–Crippen LogP) is 6.42. The molecule has 1 saturated heterocycles. The van der Waals surface area contributed by atoms with Gasteiger partial charge < -0.3 is 19.7 Å². The highest BCUT2D eigenvalue weighted by atomic mass is 35.5. The lowest BCUT2D eigenvalue weighted by atomic mass is 10.0. The molecule has 34 heavy (non-hydrogen) atoms. The average Bonchev–Trinajstić information content (AvgIpc) is 3.44. The van der Waals surface area contributed by atoms with Gasteiger partial charge >= 0.3 is 0 Å². The van der Waals surface area contributed by atoms with Crippen LogP contribution in [0, 0.1) is 0 Å². The molecule has 0 saturated carbocycles. The number of hydrogen-bond donors (Lipinski definition) is 1. The Bertz CT molecular complexity index is 1320. The maximum Gasteiger partial charge on any atom is 0.174 e. The van der Waals surface area contributed by atoms with Gasteiger partial charge in [0.25, 0.3) is 0 Å². The normalized spacial score (nSPS) is 17.6. The molecule has 1 aliphatic rings. The highest BCUT2D eigenvalue weighted by Crippen LogP contribution is 2.43. The predicted molar refractivity (Wildman–Crippen MR) is 144 cm³/mol. The maximum atomic E-state index is 6.60. The minimum atomic E-state index is -0.158. The largest absolute Gasteiger partial charge is 0.378 e. The molecular weight excluding hydrogens is 485 g/mol. The summed E-state index contributed by atoms with van der Waals surface area (Å²) in [6.07, 6.45) is 3.81. The Morgan fingerprint density at radius 3 is 2.44 bits per heavy atom. The minimum absolute atomic E-state index is 0.151. The van der Waals surface area contributed by atoms with Gasteiger partial charge in [-0.1, -0.05) is 29.3 Å². The molecule has 0 bridgehead atoms. The van der Waals surface area contributed by atoms with Gasteiger partial charge in [0.2, 0.25) is 0 Å². The molecular formula is C26H23Cl2N5S. The number of nitrogens with one attached hydrogen (secondary N) is 1. The van der Waals surface area contributed by atoms with E-state index >= 15 is 0 Å². The van der Waals surface area contributed by atoms with Crippen LogP contribution >= 0.6 is 35.4 Å². The molecule has 0 spiro atoms. The molecule has 2 atom stereocenters. The third kappa shape index (κ3) is 4.13. The Morgan fingerprint density at radius 2 is 1.76 bits per heavy atom. The Labute approximate surface area is 214 Å². The second-order valence-corrected chi connectivity index (χ2v) is 9.54. The van der Waals surface area contributed by atoms with Gasteiger partial charge in [0.05, 0.1) is 22.4 Å². The summed E-state index contributed by atoms with van der Waals surface area (Å²) in [6, 6.07) is 23.7. The van der Waals surface area contributed by atoms with Crippen LogP contribution in [-0.2, 0) is 0 Å². The molecule has 3 heterocycles. The summed E-state index contributed by atoms with van der Waals surface area (Å²) in [4.78, 5) is 8.88. The van der Waals surface area contributed by atoms with Crippen molar-refractivity contribution in [2.24, 2.45) is 0 Å². The van der Waals surface area contributed by atoms with Gasteiger partial charge in [-0.2, -0.15) is 0 Å². The van der Waals surface area contributed by atoms with E-state index in [1.807, 2.05) is 56.7 Å². The van der Waals surface area contributed by atoms with E-state index in [1.54, 1.807) is 12.3 Å². The van der Waals surface area contributed by atoms with E-state index in [-0.39, 0.29) is 12.1 Å². The summed E-state index contributed by atoms with van der Waals surface area (Å²) in [5.74, 6) is 0. The highest BCUT2D eigenvalue weighted by molar-refractivity contribution is 7.80. The lowest BCUT2D eigenvalue weighted by molar-refractivity contribution is 0.549. The summed E-state index contributed by atoms with van der Waals surface area (Å²) in [6.45, 7) is 0. The summed E-state index contributed by atoms with van der Waals surface area (Å²) in [7, 11) is 4.05. The Morgan fingerprint density at radius 1 is 0.971 bits per heavy atom. The summed E-state index contributed by atoms with van der Waals surface area (Å²) in [5.41, 5.74) is 4.92. The molecule has 1 fully saturated rings. The van der Waals surface area contributed by atoms with E-state index in [1.165, 1.54) is 0 Å². The van der Waals surface area contributed by atoms with E-state index in [0.717, 1.165) is 28.5 Å². The van der Waals surface area contributed by atoms with Crippen molar-refractivity contribution in [3.8, 4) is 5.69 Å². The van der Waals surface area contributed by atoms with Crippen molar-refractivity contribution >= 4 is 51.9 Å². The zero-order valence-electron chi connectivity index (χ0n) is 18.7. The fourth-order valence-electron chi connectivity index (χ4n) is 4.38. The van der Waals surface area contributed by atoms with Crippen LogP contribution in [0.1, 0.15) is 23.5 Å². The molecule has 0 unspecified atom stereocenters. The van der Waals surface area contributed by atoms with E-state index in [0.29, 0.717) is 15.2 Å². The number of pyridine rings is 1. The molecule has 172 valence electrons. The van der Waals surface area contributed by atoms with E-state index < -0.39 is 0 Å². The van der Waals surface area contributed by atoms with Crippen molar-refractivity contribution < 1.29 is 0 Å². The SMILES string of the molecule is CN(C)c1ccc(N2C(=S)N[C@@H](c3ccccn3)[C@H]2c2cccn2-c2ccc(Cl)cc2Cl)cc1. The molecule has 1 N–H and O–H groups in total. The molecule has 0 aliphatic carbocycles. The smallest absolute Gasteiger partial charge is 0.174 e. The van der Waals surface area contributed by atoms with E-state index in [2.05, 4.69) is 55.0 Å². The molecule has 0 amide bonds. The number of rotatable bonds is 5. The van der Waals surface area contributed by atoms with Gasteiger partial charge in [-0.15, -0.1) is 0 Å². The van der Waals surface area contributed by atoms with Crippen molar-refractivity contribution in [1.29, 1.82) is 0 Å². The highest BCUT2D eigenvalue weighted by Gasteiger charge is 2.42. The van der Waals surface area contributed by atoms with Gasteiger partial charge in [-0.05, 0) is 78.9 Å². The fraction of sp³-hybridized carbons (Fsp3) is 0.154. The topological polar surface area (TPSA) is 36.3 Å². The number of thiocarbonyl (C=S) groups is 1. The van der Waals surface area contributed by atoms with Crippen LogP contribution in [0.15, 0.2) is 85.2 Å². The van der Waals surface area contributed by atoms with Crippen LogP contribution in [0.3, 0.4) is 0 Å². The Balaban J connectivity index is 1.65. The lowest BCUT2D eigenvalue weighted by Gasteiger charge is -2.29. The van der Waals surface area contributed by atoms with E-state index in [9.17, 15) is 0 Å². The third-order valence-electron chi connectivity index (χ3n) is 5.99. The van der Waals surface area contributed by atoms with E-state index in [4.69, 9.17) is 35.4 Å². The van der Waals surface area contributed by atoms with Crippen molar-refractivity contribution in [1.82, 2.24) is 14.9 Å². The average molecular weight is 508 g/mol. The first-order chi connectivity index (χ1) is 16.4. The van der Waals surface area contributed by atoms with Crippen LogP contribution in [0.2, 0.25) is 10.0 Å². The Kier molecular flexibility index (Phi) is 6.21. The van der Waals surface area contributed by atoms with Crippen LogP contribution in [-0.4, -0.2) is 28.8 Å². The molecule has 0 radical (unpaired) electrons. The van der Waals surface area contributed by atoms with Crippen molar-refractivity contribution in [3.05, 3.63) is 107 Å². The van der Waals surface area contributed by atoms with Crippen molar-refractivity contribution in [3.63, 3.8) is 0 Å². The van der Waals surface area contributed by atoms with Crippen LogP contribution in [0.5, 0.6) is 0 Å². The first-order valence-corrected chi connectivity index (χ1v) is 12.0. The molecule has 8 heteroatoms. The Hall–Kier alpha value is -3.06. The van der Waals surface area contributed by atoms with Crippen molar-refractivity contribution in [2.75, 3.05) is 23.9 Å². The van der Waals surface area contributed by atoms with Crippen molar-refractivity contribution in [2.45, 2.75) is 12.1 Å². The summed E-state index contributed by atoms with van der Waals surface area (Å²) >= 11 is 18.6. The minimum Gasteiger partial charge on any atom is -0.378 e. The van der Waals surface area contributed by atoms with Gasteiger partial charge in [0.15, 0.2) is 5.11 Å². The second-order valence-electron chi connectivity index (χ2n) is 8.31. The lowest BCUT2D eigenvalue weighted by Crippen LogP contribution is -2.30. The first kappa shape index (κ1) is 22.7. The quantitative estimate of drug-likeness (QED) is 0.315. The van der Waals surface area contributed by atoms with Gasteiger partial charge in [0, 0.05) is 48.6 Å². The standard InChI is InChI=1S/C26H23Cl2N5S/c1-31(2)18-9-11-19(12-10-18)33-25(24(30-26(33)34)21-6-3-4-14-29-21)23-7-5-15-32(23)22-13-8-17(27)16-20(22)28/h3-16,24-25H,1-2H3,(H,30,34)/t24-,25+/m0/s1. The van der Waals surface area contributed by atoms with Gasteiger partial charge in [0.1, 0.15) is 6.04 Å². The second kappa shape index (κ2) is 9.29. The van der Waals surface area contributed by atoms with Gasteiger partial charge in [-0.3, -0.25) is 4.98 Å². The molecule has 2 aromatic carbocycles. The summed E-state index contributed by atoms with van der Waals surface area (Å²) in [5, 5.41) is 5.34. The third-order valence-corrected chi connectivity index (χ3v) is 6.85. The van der Waals surface area contributed by atoms with Crippen LogP contribution in [0.4, 0.5) is 11.4 Å². The fourth-order valence-corrected chi connectivity index (χ4v) is 5.22. The van der Waals surface area contributed by atoms with Gasteiger partial charge in [-0.25, -0.2) is 0 Å². The number of benzene rings is 2. The molecule has 2 aromatic heterocycles. The molecule has 4 aromatic rings. The number of nitrogens with zero attached hydrogens (tertiary/aromatic N) is 4. The number of anilines is 2. The summed E-state index contributed by atoms with van der Waals surface area (Å²) < 4.78 is 2.09. The molecule has 5 rings (SSSR count). The number of aromatic nitrogens is 2. The zero-order valence-corrected chi connectivity index (χ0v) is 21.0. The first-order valence-electron chi connectivity index (χ1n) is 10.8. The molecule has 5 nitrogen and oxygen atoms in total. The van der Waals surface area contributed by atoms with Crippen LogP contribution < -0.4 is 15.1 Å². The molecule has 1 aliphatic heterocycles. The number of halogens is 2. The monoisotopic (exact) mass is 507 g/mol. The maximum absolute atomic E-state index is 6.60. The van der Waals surface area contributed by atoms with Crippen LogP contribution in [0.25, 0.3) is 5.69 Å². The zero-order chi connectivity index (χ0) is 23.8.